The Kier molecular flexibility index (Phi) is 6.09. The molecule has 0 aliphatic heterocycles. The van der Waals surface area contributed by atoms with Crippen LogP contribution in [0.15, 0.2) is 18.2 Å². The number of ketones is 1. The predicted molar refractivity (Wildman–Crippen MR) is 96.9 cm³/mol. The molecule has 0 saturated heterocycles. The molecule has 4 atom stereocenters. The van der Waals surface area contributed by atoms with Crippen LogP contribution in [0, 0.1) is 5.92 Å². The summed E-state index contributed by atoms with van der Waals surface area (Å²) in [7, 11) is 0. The molecule has 2 aliphatic carbocycles. The van der Waals surface area contributed by atoms with Crippen LogP contribution >= 0.6 is 0 Å². The molecule has 1 fully saturated rings. The first kappa shape index (κ1) is 19.1. The summed E-state index contributed by atoms with van der Waals surface area (Å²) in [5.74, 6) is -0.951. The highest BCUT2D eigenvalue weighted by molar-refractivity contribution is 5.85. The molecular formula is C21H28O5. The van der Waals surface area contributed by atoms with Crippen molar-refractivity contribution in [2.45, 2.75) is 75.9 Å². The van der Waals surface area contributed by atoms with Gasteiger partial charge in [-0.2, -0.15) is 0 Å². The van der Waals surface area contributed by atoms with Crippen molar-refractivity contribution >= 4 is 11.8 Å². The third-order valence-corrected chi connectivity index (χ3v) is 5.93. The number of rotatable bonds is 8. The van der Waals surface area contributed by atoms with Gasteiger partial charge in [0, 0.05) is 24.7 Å². The maximum atomic E-state index is 12.4. The van der Waals surface area contributed by atoms with Gasteiger partial charge in [-0.3, -0.25) is 9.59 Å². The molecule has 3 rings (SSSR count). The number of aliphatic hydroxyl groups is 2. The SMILES string of the molecule is O=C(O)CCCCCCC1C(=O)CC(O)C1c1ccc2c(c1)CCC2O. The van der Waals surface area contributed by atoms with Crippen LogP contribution in [0.5, 0.6) is 0 Å². The molecule has 26 heavy (non-hydrogen) atoms. The second-order valence-electron chi connectivity index (χ2n) is 7.73. The minimum Gasteiger partial charge on any atom is -0.481 e. The maximum absolute atomic E-state index is 12.4. The number of fused-ring (bicyclic) bond motifs is 1. The molecule has 2 aliphatic rings. The average Bonchev–Trinajstić information content (AvgIpc) is 3.10. The van der Waals surface area contributed by atoms with Crippen molar-refractivity contribution in [2.24, 2.45) is 5.92 Å². The number of carbonyl (C=O) groups is 2. The van der Waals surface area contributed by atoms with E-state index in [9.17, 15) is 19.8 Å². The third-order valence-electron chi connectivity index (χ3n) is 5.93. The van der Waals surface area contributed by atoms with Gasteiger partial charge in [-0.1, -0.05) is 37.5 Å². The summed E-state index contributed by atoms with van der Waals surface area (Å²) in [6, 6.07) is 5.97. The van der Waals surface area contributed by atoms with Crippen molar-refractivity contribution in [3.63, 3.8) is 0 Å². The summed E-state index contributed by atoms with van der Waals surface area (Å²) >= 11 is 0. The lowest BCUT2D eigenvalue weighted by Gasteiger charge is -2.22. The van der Waals surface area contributed by atoms with Gasteiger partial charge in [0.25, 0.3) is 0 Å². The van der Waals surface area contributed by atoms with E-state index in [2.05, 4.69) is 6.07 Å². The van der Waals surface area contributed by atoms with Crippen LogP contribution < -0.4 is 0 Å². The van der Waals surface area contributed by atoms with E-state index < -0.39 is 18.2 Å². The molecule has 1 aromatic carbocycles. The van der Waals surface area contributed by atoms with Crippen LogP contribution in [0.2, 0.25) is 0 Å². The molecular weight excluding hydrogens is 332 g/mol. The Bertz CT molecular complexity index is 668. The quantitative estimate of drug-likeness (QED) is 0.619. The number of carboxylic acid groups (broad SMARTS) is 1. The number of benzene rings is 1. The number of Topliss-reactive ketones (excluding diaryl/α,β-unsaturated/α-hetero) is 1. The van der Waals surface area contributed by atoms with E-state index in [0.29, 0.717) is 6.42 Å². The van der Waals surface area contributed by atoms with Crippen molar-refractivity contribution in [1.29, 1.82) is 0 Å². The zero-order valence-electron chi connectivity index (χ0n) is 15.1. The summed E-state index contributed by atoms with van der Waals surface area (Å²) in [5.41, 5.74) is 3.11. The van der Waals surface area contributed by atoms with E-state index in [0.717, 1.165) is 55.2 Å². The van der Waals surface area contributed by atoms with E-state index in [-0.39, 0.29) is 30.5 Å². The maximum Gasteiger partial charge on any atom is 0.303 e. The van der Waals surface area contributed by atoms with E-state index in [4.69, 9.17) is 5.11 Å². The van der Waals surface area contributed by atoms with E-state index >= 15 is 0 Å². The van der Waals surface area contributed by atoms with Gasteiger partial charge in [-0.05, 0) is 42.4 Å². The molecule has 0 heterocycles. The molecule has 0 radical (unpaired) electrons. The molecule has 5 nitrogen and oxygen atoms in total. The highest BCUT2D eigenvalue weighted by Crippen LogP contribution is 2.42. The molecule has 1 aromatic rings. The highest BCUT2D eigenvalue weighted by atomic mass is 16.4. The van der Waals surface area contributed by atoms with Crippen LogP contribution in [0.3, 0.4) is 0 Å². The minimum atomic E-state index is -0.763. The molecule has 3 N–H and O–H groups in total. The Morgan fingerprint density at radius 3 is 2.65 bits per heavy atom. The van der Waals surface area contributed by atoms with Gasteiger partial charge < -0.3 is 15.3 Å². The molecule has 0 spiro atoms. The fourth-order valence-electron chi connectivity index (χ4n) is 4.56. The summed E-state index contributed by atoms with van der Waals surface area (Å²) < 4.78 is 0. The number of hydrogen-bond donors (Lipinski definition) is 3. The zero-order chi connectivity index (χ0) is 18.7. The van der Waals surface area contributed by atoms with Crippen LogP contribution in [-0.2, 0) is 16.0 Å². The highest BCUT2D eigenvalue weighted by Gasteiger charge is 2.42. The van der Waals surface area contributed by atoms with Gasteiger partial charge in [0.1, 0.15) is 5.78 Å². The lowest BCUT2D eigenvalue weighted by Crippen LogP contribution is -2.19. The Morgan fingerprint density at radius 2 is 1.88 bits per heavy atom. The first-order chi connectivity index (χ1) is 12.5. The number of aliphatic hydroxyl groups excluding tert-OH is 2. The fourth-order valence-corrected chi connectivity index (χ4v) is 4.56. The van der Waals surface area contributed by atoms with Crippen molar-refractivity contribution in [3.05, 3.63) is 34.9 Å². The van der Waals surface area contributed by atoms with Crippen molar-refractivity contribution in [2.75, 3.05) is 0 Å². The number of aliphatic carboxylic acids is 1. The lowest BCUT2D eigenvalue weighted by molar-refractivity contribution is -0.137. The Labute approximate surface area is 154 Å². The van der Waals surface area contributed by atoms with Crippen molar-refractivity contribution in [1.82, 2.24) is 0 Å². The first-order valence-corrected chi connectivity index (χ1v) is 9.70. The average molecular weight is 360 g/mol. The standard InChI is InChI=1S/C21H28O5/c22-17-10-8-13-11-14(7-9-15(13)17)21-16(18(23)12-19(21)24)5-3-1-2-4-6-20(25)26/h7,9,11,16-17,19,21-22,24H,1-6,8,10,12H2,(H,25,26). The number of aryl methyl sites for hydroxylation is 1. The van der Waals surface area contributed by atoms with Gasteiger partial charge in [0.2, 0.25) is 0 Å². The second kappa shape index (κ2) is 8.31. The summed E-state index contributed by atoms with van der Waals surface area (Å²) in [5, 5.41) is 29.1. The second-order valence-corrected chi connectivity index (χ2v) is 7.73. The van der Waals surface area contributed by atoms with Gasteiger partial charge in [-0.15, -0.1) is 0 Å². The van der Waals surface area contributed by atoms with E-state index in [1.54, 1.807) is 0 Å². The smallest absolute Gasteiger partial charge is 0.303 e. The molecule has 142 valence electrons. The Hall–Kier alpha value is -1.72. The number of carbonyl (C=O) groups excluding carboxylic acids is 1. The van der Waals surface area contributed by atoms with E-state index in [1.165, 1.54) is 0 Å². The monoisotopic (exact) mass is 360 g/mol. The predicted octanol–water partition coefficient (Wildman–Crippen LogP) is 3.12. The molecule has 0 aromatic heterocycles. The summed E-state index contributed by atoms with van der Waals surface area (Å²) in [4.78, 5) is 22.9. The van der Waals surface area contributed by atoms with Crippen LogP contribution in [0.1, 0.15) is 80.1 Å². The molecule has 0 amide bonds. The zero-order valence-corrected chi connectivity index (χ0v) is 15.1. The number of unbranched alkanes of at least 4 members (excludes halogenated alkanes) is 3. The Morgan fingerprint density at radius 1 is 1.12 bits per heavy atom. The van der Waals surface area contributed by atoms with Gasteiger partial charge in [0.15, 0.2) is 0 Å². The number of hydrogen-bond acceptors (Lipinski definition) is 4. The van der Waals surface area contributed by atoms with Crippen LogP contribution in [-0.4, -0.2) is 33.2 Å². The summed E-state index contributed by atoms with van der Waals surface area (Å²) in [6.45, 7) is 0. The van der Waals surface area contributed by atoms with Crippen LogP contribution in [0.25, 0.3) is 0 Å². The molecule has 5 heteroatoms. The minimum absolute atomic E-state index is 0.133. The van der Waals surface area contributed by atoms with E-state index in [1.807, 2.05) is 12.1 Å². The van der Waals surface area contributed by atoms with Crippen LogP contribution in [0.4, 0.5) is 0 Å². The van der Waals surface area contributed by atoms with Crippen molar-refractivity contribution < 1.29 is 24.9 Å². The van der Waals surface area contributed by atoms with Gasteiger partial charge in [0.05, 0.1) is 12.2 Å². The van der Waals surface area contributed by atoms with Gasteiger partial charge in [-0.25, -0.2) is 0 Å². The van der Waals surface area contributed by atoms with Crippen molar-refractivity contribution in [3.8, 4) is 0 Å². The molecule has 0 bridgehead atoms. The normalized spacial score (nSPS) is 27.7. The first-order valence-electron chi connectivity index (χ1n) is 9.70. The number of carboxylic acids is 1. The summed E-state index contributed by atoms with van der Waals surface area (Å²) in [6.07, 6.45) is 5.04. The fraction of sp³-hybridized carbons (Fsp3) is 0.619. The topological polar surface area (TPSA) is 94.8 Å². The molecule has 4 unspecified atom stereocenters. The lowest BCUT2D eigenvalue weighted by atomic mass is 9.83. The van der Waals surface area contributed by atoms with Gasteiger partial charge >= 0.3 is 5.97 Å². The largest absolute Gasteiger partial charge is 0.481 e. The Balaban J connectivity index is 1.61. The molecule has 1 saturated carbocycles. The third kappa shape index (κ3) is 4.15.